The second kappa shape index (κ2) is 7.63. The van der Waals surface area contributed by atoms with Crippen molar-refractivity contribution < 1.29 is 22.6 Å². The van der Waals surface area contributed by atoms with Gasteiger partial charge in [0.25, 0.3) is 10.0 Å². The third-order valence-corrected chi connectivity index (χ3v) is 5.01. The van der Waals surface area contributed by atoms with Crippen molar-refractivity contribution in [3.63, 3.8) is 0 Å². The lowest BCUT2D eigenvalue weighted by molar-refractivity contribution is 0.374. The highest BCUT2D eigenvalue weighted by Crippen LogP contribution is 2.35. The molecule has 0 amide bonds. The van der Waals surface area contributed by atoms with Crippen LogP contribution >= 0.6 is 0 Å². The third-order valence-electron chi connectivity index (χ3n) is 4.01. The van der Waals surface area contributed by atoms with Crippen molar-refractivity contribution in [2.24, 2.45) is 0 Å². The highest BCUT2D eigenvalue weighted by atomic mass is 32.2. The fourth-order valence-electron chi connectivity index (χ4n) is 2.72. The van der Waals surface area contributed by atoms with Gasteiger partial charge in [0.15, 0.2) is 0 Å². The molecule has 0 radical (unpaired) electrons. The van der Waals surface area contributed by atoms with Gasteiger partial charge in [-0.1, -0.05) is 6.07 Å². The van der Waals surface area contributed by atoms with Gasteiger partial charge in [-0.3, -0.25) is 4.72 Å². The van der Waals surface area contributed by atoms with E-state index in [1.54, 1.807) is 30.5 Å². The van der Waals surface area contributed by atoms with Crippen molar-refractivity contribution in [1.82, 2.24) is 4.98 Å². The smallest absolute Gasteiger partial charge is 0.255 e. The molecule has 1 aromatic heterocycles. The Bertz CT molecular complexity index is 1060. The first-order valence-corrected chi connectivity index (χ1v) is 9.59. The van der Waals surface area contributed by atoms with Crippen LogP contribution in [0.2, 0.25) is 0 Å². The summed E-state index contributed by atoms with van der Waals surface area (Å²) in [7, 11) is 0.755. The van der Waals surface area contributed by atoms with Crippen molar-refractivity contribution in [2.75, 3.05) is 26.1 Å². The summed E-state index contributed by atoms with van der Waals surface area (Å²) in [5, 5.41) is 1.86. The molecule has 0 fully saturated rings. The first-order valence-electron chi connectivity index (χ1n) is 8.04. The summed E-state index contributed by atoms with van der Waals surface area (Å²) in [6.07, 6.45) is 3.18. The van der Waals surface area contributed by atoms with Crippen LogP contribution in [0.5, 0.6) is 17.2 Å². The third kappa shape index (κ3) is 4.01. The number of nitrogens with one attached hydrogen (secondary N) is 2. The molecule has 2 aromatic carbocycles. The number of sulfonamides is 1. The van der Waals surface area contributed by atoms with Crippen LogP contribution in [0.4, 0.5) is 5.69 Å². The van der Waals surface area contributed by atoms with Crippen molar-refractivity contribution in [1.29, 1.82) is 0 Å². The molecule has 0 aliphatic rings. The SMILES string of the molecule is COc1cc(OC)c(/C=C/S(=O)(=O)Nc2cccc3[nH]ccc23)c(OC)c1. The summed E-state index contributed by atoms with van der Waals surface area (Å²) in [6.45, 7) is 0. The molecule has 1 heterocycles. The summed E-state index contributed by atoms with van der Waals surface area (Å²) >= 11 is 0. The Hall–Kier alpha value is -3.13. The first-order chi connectivity index (χ1) is 13.0. The zero-order valence-electron chi connectivity index (χ0n) is 15.1. The van der Waals surface area contributed by atoms with E-state index in [9.17, 15) is 8.42 Å². The molecule has 2 N–H and O–H groups in total. The number of hydrogen-bond donors (Lipinski definition) is 2. The van der Waals surface area contributed by atoms with Crippen molar-refractivity contribution in [3.8, 4) is 17.2 Å². The molecular weight excluding hydrogens is 368 g/mol. The molecule has 0 bridgehead atoms. The van der Waals surface area contributed by atoms with E-state index in [1.165, 1.54) is 27.4 Å². The lowest BCUT2D eigenvalue weighted by Crippen LogP contribution is -2.09. The van der Waals surface area contributed by atoms with E-state index in [1.807, 2.05) is 12.1 Å². The van der Waals surface area contributed by atoms with Gasteiger partial charge in [-0.25, -0.2) is 8.42 Å². The summed E-state index contributed by atoms with van der Waals surface area (Å²) < 4.78 is 43.5. The van der Waals surface area contributed by atoms with Crippen LogP contribution in [0.3, 0.4) is 0 Å². The highest BCUT2D eigenvalue weighted by Gasteiger charge is 2.14. The first kappa shape index (κ1) is 18.7. The molecule has 0 unspecified atom stereocenters. The number of aromatic amines is 1. The Balaban J connectivity index is 1.94. The monoisotopic (exact) mass is 388 g/mol. The molecule has 0 spiro atoms. The fourth-order valence-corrected chi connectivity index (χ4v) is 3.58. The van der Waals surface area contributed by atoms with Gasteiger partial charge < -0.3 is 19.2 Å². The van der Waals surface area contributed by atoms with Gasteiger partial charge >= 0.3 is 0 Å². The Morgan fingerprint density at radius 3 is 2.33 bits per heavy atom. The number of ether oxygens (including phenoxy) is 3. The Labute approximate surface area is 157 Å². The van der Waals surface area contributed by atoms with Crippen molar-refractivity contribution in [2.45, 2.75) is 0 Å². The van der Waals surface area contributed by atoms with E-state index in [0.29, 0.717) is 28.5 Å². The number of hydrogen-bond acceptors (Lipinski definition) is 5. The maximum atomic E-state index is 12.5. The number of methoxy groups -OCH3 is 3. The zero-order valence-corrected chi connectivity index (χ0v) is 16.0. The largest absolute Gasteiger partial charge is 0.496 e. The highest BCUT2D eigenvalue weighted by molar-refractivity contribution is 7.95. The number of anilines is 1. The maximum absolute atomic E-state index is 12.5. The average molecular weight is 388 g/mol. The van der Waals surface area contributed by atoms with Gasteiger partial charge in [0.05, 0.1) is 38.0 Å². The van der Waals surface area contributed by atoms with Crippen LogP contribution in [0, 0.1) is 0 Å². The number of benzene rings is 2. The number of fused-ring (bicyclic) bond motifs is 1. The standard InChI is InChI=1S/C19H20N2O5S/c1-24-13-11-18(25-2)15(19(12-13)26-3)8-10-27(22,23)21-17-6-4-5-16-14(17)7-9-20-16/h4-12,20-21H,1-3H3/b10-8+. The van der Waals surface area contributed by atoms with Crippen LogP contribution in [0.15, 0.2) is 48.0 Å². The van der Waals surface area contributed by atoms with Crippen LogP contribution in [-0.4, -0.2) is 34.7 Å². The molecule has 0 saturated carbocycles. The molecular formula is C19H20N2O5S. The normalized spacial score (nSPS) is 11.7. The van der Waals surface area contributed by atoms with Crippen LogP contribution < -0.4 is 18.9 Å². The number of rotatable bonds is 7. The predicted molar refractivity (Wildman–Crippen MR) is 106 cm³/mol. The Morgan fingerprint density at radius 1 is 1.00 bits per heavy atom. The second-order valence-corrected chi connectivity index (χ2v) is 7.21. The number of aromatic nitrogens is 1. The summed E-state index contributed by atoms with van der Waals surface area (Å²) in [5.74, 6) is 1.41. The summed E-state index contributed by atoms with van der Waals surface area (Å²) in [5.41, 5.74) is 1.83. The molecule has 7 nitrogen and oxygen atoms in total. The topological polar surface area (TPSA) is 89.6 Å². The molecule has 3 aromatic rings. The Morgan fingerprint density at radius 2 is 1.70 bits per heavy atom. The number of H-pyrrole nitrogens is 1. The van der Waals surface area contributed by atoms with Gasteiger partial charge in [0, 0.05) is 29.2 Å². The molecule has 0 aliphatic heterocycles. The Kier molecular flexibility index (Phi) is 5.27. The van der Waals surface area contributed by atoms with Gasteiger partial charge in [-0.05, 0) is 24.3 Å². The van der Waals surface area contributed by atoms with Gasteiger partial charge in [-0.15, -0.1) is 0 Å². The van der Waals surface area contributed by atoms with Gasteiger partial charge in [0.1, 0.15) is 17.2 Å². The van der Waals surface area contributed by atoms with Gasteiger partial charge in [-0.2, -0.15) is 0 Å². The lowest BCUT2D eigenvalue weighted by atomic mass is 10.1. The lowest BCUT2D eigenvalue weighted by Gasteiger charge is -2.12. The minimum absolute atomic E-state index is 0.436. The van der Waals surface area contributed by atoms with E-state index >= 15 is 0 Å². The zero-order chi connectivity index (χ0) is 19.4. The van der Waals surface area contributed by atoms with Crippen LogP contribution in [0.1, 0.15) is 5.56 Å². The van der Waals surface area contributed by atoms with E-state index in [2.05, 4.69) is 9.71 Å². The quantitative estimate of drug-likeness (QED) is 0.645. The van der Waals surface area contributed by atoms with E-state index in [-0.39, 0.29) is 0 Å². The van der Waals surface area contributed by atoms with Crippen molar-refractivity contribution in [3.05, 3.63) is 53.6 Å². The second-order valence-electron chi connectivity index (χ2n) is 5.64. The van der Waals surface area contributed by atoms with E-state index in [0.717, 1.165) is 16.3 Å². The summed E-state index contributed by atoms with van der Waals surface area (Å²) in [6, 6.07) is 10.5. The molecule has 3 rings (SSSR count). The van der Waals surface area contributed by atoms with Crippen molar-refractivity contribution >= 4 is 32.7 Å². The van der Waals surface area contributed by atoms with E-state index < -0.39 is 10.0 Å². The van der Waals surface area contributed by atoms with Crippen LogP contribution in [-0.2, 0) is 10.0 Å². The van der Waals surface area contributed by atoms with Gasteiger partial charge in [0.2, 0.25) is 0 Å². The molecule has 0 saturated heterocycles. The predicted octanol–water partition coefficient (Wildman–Crippen LogP) is 3.61. The molecule has 0 aliphatic carbocycles. The van der Waals surface area contributed by atoms with Crippen LogP contribution in [0.25, 0.3) is 17.0 Å². The summed E-state index contributed by atoms with van der Waals surface area (Å²) in [4.78, 5) is 3.05. The molecule has 142 valence electrons. The maximum Gasteiger partial charge on any atom is 0.255 e. The molecule has 8 heteroatoms. The fraction of sp³-hybridized carbons (Fsp3) is 0.158. The molecule has 0 atom stereocenters. The minimum Gasteiger partial charge on any atom is -0.496 e. The average Bonchev–Trinajstić information content (AvgIpc) is 3.15. The molecule has 27 heavy (non-hydrogen) atoms. The minimum atomic E-state index is -3.75. The van der Waals surface area contributed by atoms with E-state index in [4.69, 9.17) is 14.2 Å².